The average molecular weight is 218 g/mol. The first-order valence-corrected chi connectivity index (χ1v) is 3.27. The molecule has 15 heavy (non-hydrogen) atoms. The molecule has 0 spiro atoms. The molecule has 1 heterocycles. The van der Waals surface area contributed by atoms with Gasteiger partial charge in [0.05, 0.1) is 0 Å². The van der Waals surface area contributed by atoms with Crippen LogP contribution < -0.4 is 5.43 Å². The first-order valence-electron chi connectivity index (χ1n) is 3.27. The minimum atomic E-state index is -1.72. The van der Waals surface area contributed by atoms with Gasteiger partial charge in [-0.25, -0.2) is 9.59 Å². The summed E-state index contributed by atoms with van der Waals surface area (Å²) in [5.41, 5.74) is -1.12. The van der Waals surface area contributed by atoms with E-state index in [1.165, 1.54) is 0 Å². The van der Waals surface area contributed by atoms with Crippen molar-refractivity contribution in [1.82, 2.24) is 0 Å². The molecule has 0 aliphatic rings. The predicted octanol–water partition coefficient (Wildman–Crippen LogP) is -1.08. The number of hydrogen-bond donors (Lipinski definition) is 3. The van der Waals surface area contributed by atoms with Crippen LogP contribution >= 0.6 is 0 Å². The third-order valence-corrected chi connectivity index (χ3v) is 1.33. The largest absolute Gasteiger partial charge is 0.501 e. The molecule has 82 valence electrons. The van der Waals surface area contributed by atoms with Crippen molar-refractivity contribution < 1.29 is 34.8 Å². The zero-order valence-corrected chi connectivity index (χ0v) is 7.05. The second-order valence-corrected chi connectivity index (χ2v) is 2.26. The van der Waals surface area contributed by atoms with Crippen molar-refractivity contribution in [2.24, 2.45) is 0 Å². The number of aromatic hydroxyl groups is 1. The highest BCUT2D eigenvalue weighted by molar-refractivity contribution is 5.89. The number of rotatable bonds is 2. The minimum absolute atomic E-state index is 0. The molecule has 5 N–H and O–H groups in total. The molecule has 0 aliphatic heterocycles. The third kappa shape index (κ3) is 2.31. The fraction of sp³-hybridized carbons (Fsp3) is 0. The molecule has 8 heteroatoms. The Morgan fingerprint density at radius 1 is 1.20 bits per heavy atom. The van der Waals surface area contributed by atoms with Crippen LogP contribution in [0.2, 0.25) is 0 Å². The maximum absolute atomic E-state index is 10.8. The van der Waals surface area contributed by atoms with Gasteiger partial charge in [0, 0.05) is 6.07 Å². The number of carboxylic acid groups (broad SMARTS) is 2. The van der Waals surface area contributed by atoms with E-state index in [0.29, 0.717) is 6.07 Å². The summed E-state index contributed by atoms with van der Waals surface area (Å²) in [7, 11) is 0. The van der Waals surface area contributed by atoms with Gasteiger partial charge in [-0.3, -0.25) is 4.79 Å². The summed E-state index contributed by atoms with van der Waals surface area (Å²) in [5, 5.41) is 25.7. The number of hydrogen-bond acceptors (Lipinski definition) is 5. The highest BCUT2D eigenvalue weighted by Crippen LogP contribution is 2.13. The van der Waals surface area contributed by atoms with Crippen molar-refractivity contribution in [2.45, 2.75) is 0 Å². The molecule has 0 bridgehead atoms. The highest BCUT2D eigenvalue weighted by Gasteiger charge is 2.20. The van der Waals surface area contributed by atoms with Crippen LogP contribution in [-0.2, 0) is 0 Å². The van der Waals surface area contributed by atoms with Crippen molar-refractivity contribution >= 4 is 11.9 Å². The third-order valence-electron chi connectivity index (χ3n) is 1.33. The van der Waals surface area contributed by atoms with Gasteiger partial charge in [0.15, 0.2) is 0 Å². The summed E-state index contributed by atoms with van der Waals surface area (Å²) in [6.45, 7) is 0. The van der Waals surface area contributed by atoms with E-state index >= 15 is 0 Å². The molecule has 0 aliphatic carbocycles. The zero-order chi connectivity index (χ0) is 10.9. The zero-order valence-electron chi connectivity index (χ0n) is 7.05. The quantitative estimate of drug-likeness (QED) is 0.569. The second-order valence-electron chi connectivity index (χ2n) is 2.26. The van der Waals surface area contributed by atoms with E-state index in [-0.39, 0.29) is 5.48 Å². The molecule has 0 saturated carbocycles. The monoisotopic (exact) mass is 218 g/mol. The van der Waals surface area contributed by atoms with Gasteiger partial charge >= 0.3 is 11.9 Å². The molecule has 0 unspecified atom stereocenters. The van der Waals surface area contributed by atoms with Crippen LogP contribution in [0.1, 0.15) is 21.1 Å². The van der Waals surface area contributed by atoms with Crippen molar-refractivity contribution in [3.8, 4) is 5.75 Å². The SMILES string of the molecule is O.O=C(O)c1cc(=O)c(O)c(C(=O)O)o1. The highest BCUT2D eigenvalue weighted by atomic mass is 16.4. The van der Waals surface area contributed by atoms with Gasteiger partial charge in [-0.2, -0.15) is 0 Å². The summed E-state index contributed by atoms with van der Waals surface area (Å²) >= 11 is 0. The Morgan fingerprint density at radius 2 is 1.73 bits per heavy atom. The Bertz CT molecular complexity index is 457. The van der Waals surface area contributed by atoms with Gasteiger partial charge in [-0.05, 0) is 0 Å². The van der Waals surface area contributed by atoms with Gasteiger partial charge in [0.1, 0.15) is 0 Å². The predicted molar refractivity (Wildman–Crippen MR) is 44.2 cm³/mol. The Balaban J connectivity index is 0.00000196. The standard InChI is InChI=1S/C7H4O7.H2O/c8-2-1-3(6(10)11)14-5(4(2)9)7(12)13;/h1,9H,(H,10,11)(H,12,13);1H2. The second kappa shape index (κ2) is 4.24. The fourth-order valence-corrected chi connectivity index (χ4v) is 0.737. The van der Waals surface area contributed by atoms with Crippen LogP contribution in [0.25, 0.3) is 0 Å². The maximum Gasteiger partial charge on any atom is 0.375 e. The molecule has 0 atom stereocenters. The van der Waals surface area contributed by atoms with Crippen molar-refractivity contribution in [3.05, 3.63) is 27.8 Å². The molecule has 8 nitrogen and oxygen atoms in total. The lowest BCUT2D eigenvalue weighted by Gasteiger charge is -1.98. The van der Waals surface area contributed by atoms with Gasteiger partial charge in [0.2, 0.25) is 16.9 Å². The molecule has 0 amide bonds. The van der Waals surface area contributed by atoms with E-state index in [9.17, 15) is 14.4 Å². The van der Waals surface area contributed by atoms with E-state index in [4.69, 9.17) is 15.3 Å². The number of carbonyl (C=O) groups is 2. The summed E-state index contributed by atoms with van der Waals surface area (Å²) in [6, 6.07) is 0.490. The molecule has 1 aromatic rings. The lowest BCUT2D eigenvalue weighted by Crippen LogP contribution is -2.11. The molecule has 0 fully saturated rings. The summed E-state index contributed by atoms with van der Waals surface area (Å²) in [4.78, 5) is 31.5. The molecule has 0 saturated heterocycles. The van der Waals surface area contributed by atoms with Crippen LogP contribution in [0, 0.1) is 0 Å². The Kier molecular flexibility index (Phi) is 3.58. The summed E-state index contributed by atoms with van der Waals surface area (Å²) < 4.78 is 4.26. The number of carboxylic acids is 2. The first kappa shape index (κ1) is 12.7. The van der Waals surface area contributed by atoms with E-state index in [1.807, 2.05) is 0 Å². The van der Waals surface area contributed by atoms with Crippen LogP contribution in [0.4, 0.5) is 0 Å². The van der Waals surface area contributed by atoms with Gasteiger partial charge in [-0.15, -0.1) is 0 Å². The molecule has 1 aromatic heterocycles. The van der Waals surface area contributed by atoms with E-state index in [2.05, 4.69) is 4.42 Å². The normalized spacial score (nSPS) is 9.07. The number of aromatic carboxylic acids is 2. The molecular formula is C7H6O8. The summed E-state index contributed by atoms with van der Waals surface area (Å²) in [6.07, 6.45) is 0. The van der Waals surface area contributed by atoms with Crippen LogP contribution in [0.15, 0.2) is 15.3 Å². The Labute approximate surface area is 81.3 Å². The molecule has 0 aromatic carbocycles. The van der Waals surface area contributed by atoms with Crippen LogP contribution in [0.5, 0.6) is 5.75 Å². The lowest BCUT2D eigenvalue weighted by molar-refractivity contribution is 0.0618. The first-order chi connectivity index (χ1) is 6.43. The molecule has 1 rings (SSSR count). The smallest absolute Gasteiger partial charge is 0.375 e. The van der Waals surface area contributed by atoms with E-state index in [0.717, 1.165) is 0 Å². The van der Waals surface area contributed by atoms with Crippen molar-refractivity contribution in [3.63, 3.8) is 0 Å². The van der Waals surface area contributed by atoms with Gasteiger partial charge < -0.3 is 25.2 Å². The Morgan fingerprint density at radius 3 is 2.13 bits per heavy atom. The van der Waals surface area contributed by atoms with Crippen LogP contribution in [0.3, 0.4) is 0 Å². The average Bonchev–Trinajstić information content (AvgIpc) is 2.08. The maximum atomic E-state index is 10.8. The van der Waals surface area contributed by atoms with Crippen molar-refractivity contribution in [1.29, 1.82) is 0 Å². The Hall–Kier alpha value is -2.35. The topological polar surface area (TPSA) is 157 Å². The lowest BCUT2D eigenvalue weighted by atomic mass is 10.3. The molecule has 0 radical (unpaired) electrons. The minimum Gasteiger partial charge on any atom is -0.501 e. The molecular weight excluding hydrogens is 212 g/mol. The van der Waals surface area contributed by atoms with Gasteiger partial charge in [-0.1, -0.05) is 0 Å². The van der Waals surface area contributed by atoms with E-state index in [1.54, 1.807) is 0 Å². The fourth-order valence-electron chi connectivity index (χ4n) is 0.737. The summed E-state index contributed by atoms with van der Waals surface area (Å²) in [5.74, 6) is -6.37. The van der Waals surface area contributed by atoms with Crippen molar-refractivity contribution in [2.75, 3.05) is 0 Å². The van der Waals surface area contributed by atoms with E-state index < -0.39 is 34.6 Å². The van der Waals surface area contributed by atoms with Gasteiger partial charge in [0.25, 0.3) is 5.76 Å². The van der Waals surface area contributed by atoms with Crippen LogP contribution in [-0.4, -0.2) is 32.7 Å².